The van der Waals surface area contributed by atoms with Crippen LogP contribution < -0.4 is 19.9 Å². The Balaban J connectivity index is 0.00000242. The number of likely N-dealkylation sites (tertiary alicyclic amines) is 1. The molecule has 0 aliphatic carbocycles. The molecular weight excluding hydrogens is 308 g/mol. The van der Waals surface area contributed by atoms with Crippen LogP contribution in [0.3, 0.4) is 0 Å². The maximum Gasteiger partial charge on any atom is 0.257 e. The van der Waals surface area contributed by atoms with Gasteiger partial charge in [0.15, 0.2) is 11.5 Å². The molecule has 6 nitrogen and oxygen atoms in total. The standard InChI is InChI=1S/C15H22N2O4.ClH/c1-19-12-7-14(21-3)13(20-2)6-11(12)15(18)17-5-4-10(8-16)9-17;/h6-7,10H,4-5,8-9,16H2,1-3H3;1H. The first-order valence-corrected chi connectivity index (χ1v) is 6.93. The average Bonchev–Trinajstić information content (AvgIpc) is 3.01. The van der Waals surface area contributed by atoms with Gasteiger partial charge in [-0.05, 0) is 18.9 Å². The second-order valence-corrected chi connectivity index (χ2v) is 5.05. The molecule has 1 amide bonds. The molecule has 0 radical (unpaired) electrons. The fourth-order valence-corrected chi connectivity index (χ4v) is 2.58. The smallest absolute Gasteiger partial charge is 0.257 e. The number of rotatable bonds is 5. The lowest BCUT2D eigenvalue weighted by Crippen LogP contribution is -2.30. The van der Waals surface area contributed by atoms with E-state index in [4.69, 9.17) is 19.9 Å². The van der Waals surface area contributed by atoms with E-state index in [0.717, 1.165) is 13.0 Å². The first kappa shape index (κ1) is 18.4. The quantitative estimate of drug-likeness (QED) is 0.886. The van der Waals surface area contributed by atoms with Crippen molar-refractivity contribution in [3.05, 3.63) is 17.7 Å². The Bertz CT molecular complexity index is 525. The third-order valence-electron chi connectivity index (χ3n) is 3.84. The molecule has 2 rings (SSSR count). The fourth-order valence-electron chi connectivity index (χ4n) is 2.58. The number of benzene rings is 1. The van der Waals surface area contributed by atoms with Crippen LogP contribution in [0.1, 0.15) is 16.8 Å². The highest BCUT2D eigenvalue weighted by Gasteiger charge is 2.28. The van der Waals surface area contributed by atoms with Gasteiger partial charge < -0.3 is 24.8 Å². The van der Waals surface area contributed by atoms with Crippen LogP contribution in [0.2, 0.25) is 0 Å². The minimum absolute atomic E-state index is 0. The van der Waals surface area contributed by atoms with Crippen molar-refractivity contribution in [3.8, 4) is 17.2 Å². The van der Waals surface area contributed by atoms with Crippen molar-refractivity contribution in [2.45, 2.75) is 6.42 Å². The van der Waals surface area contributed by atoms with Gasteiger partial charge in [-0.1, -0.05) is 0 Å². The normalized spacial score (nSPS) is 16.9. The predicted molar refractivity (Wildman–Crippen MR) is 86.4 cm³/mol. The Morgan fingerprint density at radius 2 is 1.77 bits per heavy atom. The molecule has 124 valence electrons. The first-order valence-electron chi connectivity index (χ1n) is 6.93. The van der Waals surface area contributed by atoms with Crippen LogP contribution in [0.5, 0.6) is 17.2 Å². The van der Waals surface area contributed by atoms with E-state index in [0.29, 0.717) is 41.8 Å². The SMILES string of the molecule is COc1cc(OC)c(C(=O)N2CCC(CN)C2)cc1OC.Cl. The van der Waals surface area contributed by atoms with Crippen molar-refractivity contribution >= 4 is 18.3 Å². The number of carbonyl (C=O) groups is 1. The zero-order chi connectivity index (χ0) is 15.4. The molecule has 1 fully saturated rings. The molecule has 1 atom stereocenters. The summed E-state index contributed by atoms with van der Waals surface area (Å²) in [5.41, 5.74) is 6.15. The first-order chi connectivity index (χ1) is 10.1. The van der Waals surface area contributed by atoms with Crippen LogP contribution in [-0.2, 0) is 0 Å². The second-order valence-electron chi connectivity index (χ2n) is 5.05. The highest BCUT2D eigenvalue weighted by atomic mass is 35.5. The summed E-state index contributed by atoms with van der Waals surface area (Å²) < 4.78 is 15.8. The Labute approximate surface area is 136 Å². The van der Waals surface area contributed by atoms with Crippen LogP contribution in [0.4, 0.5) is 0 Å². The van der Waals surface area contributed by atoms with Crippen LogP contribution in [0.25, 0.3) is 0 Å². The molecule has 2 N–H and O–H groups in total. The Morgan fingerprint density at radius 3 is 2.27 bits per heavy atom. The van der Waals surface area contributed by atoms with E-state index in [1.54, 1.807) is 31.3 Å². The molecule has 22 heavy (non-hydrogen) atoms. The maximum atomic E-state index is 12.7. The third-order valence-corrected chi connectivity index (χ3v) is 3.84. The number of carbonyl (C=O) groups excluding carboxylic acids is 1. The van der Waals surface area contributed by atoms with E-state index in [9.17, 15) is 4.79 Å². The zero-order valence-electron chi connectivity index (χ0n) is 13.1. The predicted octanol–water partition coefficient (Wildman–Crippen LogP) is 1.55. The molecule has 0 aromatic heterocycles. The van der Waals surface area contributed by atoms with E-state index in [-0.39, 0.29) is 18.3 Å². The van der Waals surface area contributed by atoms with Gasteiger partial charge in [-0.15, -0.1) is 12.4 Å². The van der Waals surface area contributed by atoms with Gasteiger partial charge in [-0.25, -0.2) is 0 Å². The molecule has 1 heterocycles. The Hall–Kier alpha value is -1.66. The lowest BCUT2D eigenvalue weighted by Gasteiger charge is -2.19. The second kappa shape index (κ2) is 8.10. The number of nitrogens with zero attached hydrogens (tertiary/aromatic N) is 1. The van der Waals surface area contributed by atoms with E-state index < -0.39 is 0 Å². The lowest BCUT2D eigenvalue weighted by molar-refractivity contribution is 0.0784. The summed E-state index contributed by atoms with van der Waals surface area (Å²) in [6, 6.07) is 3.33. The van der Waals surface area contributed by atoms with Gasteiger partial charge in [0.2, 0.25) is 0 Å². The largest absolute Gasteiger partial charge is 0.496 e. The number of halogens is 1. The third kappa shape index (κ3) is 3.56. The van der Waals surface area contributed by atoms with E-state index in [1.165, 1.54) is 7.11 Å². The van der Waals surface area contributed by atoms with Crippen LogP contribution in [-0.4, -0.2) is 51.8 Å². The van der Waals surface area contributed by atoms with Crippen LogP contribution >= 0.6 is 12.4 Å². The molecule has 1 aliphatic rings. The molecule has 0 saturated carbocycles. The minimum Gasteiger partial charge on any atom is -0.496 e. The lowest BCUT2D eigenvalue weighted by atomic mass is 10.1. The summed E-state index contributed by atoms with van der Waals surface area (Å²) >= 11 is 0. The van der Waals surface area contributed by atoms with Gasteiger partial charge in [0.1, 0.15) is 5.75 Å². The molecule has 1 unspecified atom stereocenters. The van der Waals surface area contributed by atoms with Gasteiger partial charge in [0.05, 0.1) is 26.9 Å². The van der Waals surface area contributed by atoms with Gasteiger partial charge in [0.25, 0.3) is 5.91 Å². The summed E-state index contributed by atoms with van der Waals surface area (Å²) in [7, 11) is 4.62. The summed E-state index contributed by atoms with van der Waals surface area (Å²) in [4.78, 5) is 14.5. The molecule has 7 heteroatoms. The van der Waals surface area contributed by atoms with Gasteiger partial charge >= 0.3 is 0 Å². The molecule has 1 aromatic rings. The minimum atomic E-state index is -0.0660. The Morgan fingerprint density at radius 1 is 1.18 bits per heavy atom. The van der Waals surface area contributed by atoms with Crippen LogP contribution in [0.15, 0.2) is 12.1 Å². The summed E-state index contributed by atoms with van der Waals surface area (Å²) in [6.07, 6.45) is 0.942. The van der Waals surface area contributed by atoms with Crippen LogP contribution in [0, 0.1) is 5.92 Å². The molecule has 0 bridgehead atoms. The van der Waals surface area contributed by atoms with Crippen molar-refractivity contribution in [2.24, 2.45) is 11.7 Å². The number of nitrogens with two attached hydrogens (primary N) is 1. The summed E-state index contributed by atoms with van der Waals surface area (Å²) in [6.45, 7) is 2.01. The number of methoxy groups -OCH3 is 3. The molecular formula is C15H23ClN2O4. The monoisotopic (exact) mass is 330 g/mol. The zero-order valence-corrected chi connectivity index (χ0v) is 13.9. The maximum absolute atomic E-state index is 12.7. The number of hydrogen-bond donors (Lipinski definition) is 1. The molecule has 1 aromatic carbocycles. The number of hydrogen-bond acceptors (Lipinski definition) is 5. The topological polar surface area (TPSA) is 74.0 Å². The summed E-state index contributed by atoms with van der Waals surface area (Å²) in [5.74, 6) is 1.83. The Kier molecular flexibility index (Phi) is 6.77. The molecule has 0 spiro atoms. The highest BCUT2D eigenvalue weighted by Crippen LogP contribution is 2.35. The number of ether oxygens (including phenoxy) is 3. The van der Waals surface area contributed by atoms with E-state index in [2.05, 4.69) is 0 Å². The highest BCUT2D eigenvalue weighted by molar-refractivity contribution is 5.98. The van der Waals surface area contributed by atoms with Crippen molar-refractivity contribution in [1.29, 1.82) is 0 Å². The van der Waals surface area contributed by atoms with E-state index >= 15 is 0 Å². The van der Waals surface area contributed by atoms with Crippen molar-refractivity contribution < 1.29 is 19.0 Å². The van der Waals surface area contributed by atoms with E-state index in [1.807, 2.05) is 0 Å². The van der Waals surface area contributed by atoms with Gasteiger partial charge in [-0.2, -0.15) is 0 Å². The number of amides is 1. The molecule has 1 saturated heterocycles. The fraction of sp³-hybridized carbons (Fsp3) is 0.533. The average molecular weight is 331 g/mol. The van der Waals surface area contributed by atoms with Crippen molar-refractivity contribution in [1.82, 2.24) is 4.90 Å². The summed E-state index contributed by atoms with van der Waals surface area (Å²) in [5, 5.41) is 0. The van der Waals surface area contributed by atoms with Crippen molar-refractivity contribution in [3.63, 3.8) is 0 Å². The van der Waals surface area contributed by atoms with Crippen molar-refractivity contribution in [2.75, 3.05) is 41.0 Å². The van der Waals surface area contributed by atoms with Gasteiger partial charge in [-0.3, -0.25) is 4.79 Å². The molecule has 1 aliphatic heterocycles. The van der Waals surface area contributed by atoms with Gasteiger partial charge in [0, 0.05) is 25.2 Å².